The van der Waals surface area contributed by atoms with Gasteiger partial charge in [-0.2, -0.15) is 0 Å². The Morgan fingerprint density at radius 2 is 1.84 bits per heavy atom. The Kier molecular flexibility index (Phi) is 12.4. The minimum atomic E-state index is -3.14. The summed E-state index contributed by atoms with van der Waals surface area (Å²) in [6.07, 6.45) is 12.1. The molecule has 2 unspecified atom stereocenters. The van der Waals surface area contributed by atoms with E-state index >= 15 is 0 Å². The summed E-state index contributed by atoms with van der Waals surface area (Å²) in [4.78, 5) is 0.777. The topological polar surface area (TPSA) is 78.4 Å². The van der Waals surface area contributed by atoms with Gasteiger partial charge in [-0.15, -0.1) is 11.8 Å². The number of nitrogens with one attached hydrogen (secondary N) is 2. The first-order valence-corrected chi connectivity index (χ1v) is 16.3. The van der Waals surface area contributed by atoms with Gasteiger partial charge in [0.15, 0.2) is 0 Å². The van der Waals surface area contributed by atoms with Gasteiger partial charge < -0.3 is 10.4 Å². The average Bonchev–Trinajstić information content (AvgIpc) is 2.93. The quantitative estimate of drug-likeness (QED) is 0.311. The largest absolute Gasteiger partial charge is 0.508 e. The number of rotatable bonds is 10. The van der Waals surface area contributed by atoms with E-state index in [1.165, 1.54) is 80.6 Å². The number of phenolic OH excluding ortho intramolecular Hbond substituents is 1. The molecule has 0 heterocycles. The van der Waals surface area contributed by atoms with Gasteiger partial charge in [-0.3, -0.25) is 0 Å². The first-order valence-electron chi connectivity index (χ1n) is 13.8. The van der Waals surface area contributed by atoms with Crippen molar-refractivity contribution in [2.75, 3.05) is 19.3 Å². The van der Waals surface area contributed by atoms with E-state index in [2.05, 4.69) is 53.0 Å². The molecule has 2 aliphatic rings. The third-order valence-electron chi connectivity index (χ3n) is 7.63. The van der Waals surface area contributed by atoms with Crippen LogP contribution in [0.1, 0.15) is 68.1 Å². The highest BCUT2D eigenvalue weighted by Gasteiger charge is 2.30. The number of hydrogen-bond donors (Lipinski definition) is 3. The molecule has 38 heavy (non-hydrogen) atoms. The molecule has 5 nitrogen and oxygen atoms in total. The van der Waals surface area contributed by atoms with Crippen molar-refractivity contribution < 1.29 is 13.5 Å². The van der Waals surface area contributed by atoms with Gasteiger partial charge in [0.1, 0.15) is 5.75 Å². The van der Waals surface area contributed by atoms with Crippen LogP contribution >= 0.6 is 11.8 Å². The maximum Gasteiger partial charge on any atom is 0.216 e. The predicted molar refractivity (Wildman–Crippen MR) is 162 cm³/mol. The van der Waals surface area contributed by atoms with Crippen molar-refractivity contribution in [3.63, 3.8) is 0 Å². The Bertz CT molecular complexity index is 1140. The van der Waals surface area contributed by atoms with Crippen LogP contribution in [0.2, 0.25) is 0 Å². The molecule has 208 valence electrons. The SMILES string of the molecule is C=CS/C(=C\C)CS(=O)(=O)NC.Oc1ccc2c(c1)CCC(NCC1CCCCC1)C2Cc1ccccc1. The molecule has 7 heteroatoms. The summed E-state index contributed by atoms with van der Waals surface area (Å²) in [5.74, 6) is 1.78. The van der Waals surface area contributed by atoms with Crippen molar-refractivity contribution in [3.8, 4) is 5.75 Å². The molecule has 2 aromatic carbocycles. The third kappa shape index (κ3) is 9.60. The number of allylic oxidation sites excluding steroid dienone is 1. The summed E-state index contributed by atoms with van der Waals surface area (Å²) in [6, 6.07) is 17.4. The van der Waals surface area contributed by atoms with E-state index in [4.69, 9.17) is 0 Å². The van der Waals surface area contributed by atoms with Crippen molar-refractivity contribution in [1.29, 1.82) is 0 Å². The van der Waals surface area contributed by atoms with Gasteiger partial charge in [0.25, 0.3) is 0 Å². The zero-order valence-electron chi connectivity index (χ0n) is 22.9. The second-order valence-corrected chi connectivity index (χ2v) is 13.3. The van der Waals surface area contributed by atoms with Crippen LogP contribution in [-0.4, -0.2) is 38.9 Å². The molecule has 0 aliphatic heterocycles. The second-order valence-electron chi connectivity index (χ2n) is 10.2. The van der Waals surface area contributed by atoms with Crippen LogP contribution in [0.3, 0.4) is 0 Å². The molecule has 2 atom stereocenters. The predicted octanol–water partition coefficient (Wildman–Crippen LogP) is 6.52. The summed E-state index contributed by atoms with van der Waals surface area (Å²) < 4.78 is 24.3. The number of aromatic hydroxyl groups is 1. The van der Waals surface area contributed by atoms with Crippen LogP contribution in [0.15, 0.2) is 71.5 Å². The van der Waals surface area contributed by atoms with E-state index in [0.29, 0.717) is 17.7 Å². The van der Waals surface area contributed by atoms with Gasteiger partial charge in [0.2, 0.25) is 10.0 Å². The standard InChI is InChI=1S/C24H31NO.C7H13NO2S2/c26-21-12-13-22-20(16-21)11-14-24(25-17-19-9-5-2-6-10-19)23(22)15-18-7-3-1-4-8-18;1-4-7(11-5-2)6-12(9,10)8-3/h1,3-4,7-8,12-13,16,19,23-26H,2,5-6,9-11,14-15,17H2;4-5,8H,2,6H2,1,3H3/b;7-4-. The first kappa shape index (κ1) is 30.5. The molecule has 0 bridgehead atoms. The fourth-order valence-electron chi connectivity index (χ4n) is 5.53. The Morgan fingerprint density at radius 1 is 1.11 bits per heavy atom. The maximum absolute atomic E-state index is 11.0. The molecule has 1 saturated carbocycles. The molecule has 0 aromatic heterocycles. The summed E-state index contributed by atoms with van der Waals surface area (Å²) in [7, 11) is -1.74. The van der Waals surface area contributed by atoms with E-state index in [1.807, 2.05) is 12.1 Å². The lowest BCUT2D eigenvalue weighted by atomic mass is 9.76. The van der Waals surface area contributed by atoms with Crippen LogP contribution in [-0.2, 0) is 22.9 Å². The van der Waals surface area contributed by atoms with Gasteiger partial charge in [-0.1, -0.05) is 68.3 Å². The molecule has 3 N–H and O–H groups in total. The van der Waals surface area contributed by atoms with Gasteiger partial charge in [-0.05, 0) is 92.8 Å². The monoisotopic (exact) mass is 556 g/mol. The molecule has 4 rings (SSSR count). The number of benzene rings is 2. The highest BCUT2D eigenvalue weighted by molar-refractivity contribution is 8.06. The van der Waals surface area contributed by atoms with E-state index in [-0.39, 0.29) is 5.75 Å². The molecule has 1 fully saturated rings. The summed E-state index contributed by atoms with van der Waals surface area (Å²) >= 11 is 1.32. The van der Waals surface area contributed by atoms with Gasteiger partial charge in [-0.25, -0.2) is 13.1 Å². The zero-order chi connectivity index (χ0) is 27.4. The van der Waals surface area contributed by atoms with Crippen molar-refractivity contribution >= 4 is 21.8 Å². The molecule has 2 aliphatic carbocycles. The van der Waals surface area contributed by atoms with E-state index < -0.39 is 10.0 Å². The van der Waals surface area contributed by atoms with Crippen LogP contribution in [0, 0.1) is 5.92 Å². The molecule has 0 spiro atoms. The van der Waals surface area contributed by atoms with Crippen LogP contribution in [0.5, 0.6) is 5.75 Å². The minimum absolute atomic E-state index is 0.0245. The van der Waals surface area contributed by atoms with Crippen LogP contribution < -0.4 is 10.0 Å². The number of phenols is 1. The number of aryl methyl sites for hydroxylation is 1. The van der Waals surface area contributed by atoms with Gasteiger partial charge in [0, 0.05) is 16.9 Å². The number of thioether (sulfide) groups is 1. The average molecular weight is 557 g/mol. The Hall–Kier alpha value is -2.06. The van der Waals surface area contributed by atoms with E-state index in [9.17, 15) is 13.5 Å². The van der Waals surface area contributed by atoms with Crippen LogP contribution in [0.25, 0.3) is 0 Å². The molecular formula is C31H44N2O3S2. The minimum Gasteiger partial charge on any atom is -0.508 e. The molecular weight excluding hydrogens is 512 g/mol. The van der Waals surface area contributed by atoms with Crippen molar-refractivity contribution in [3.05, 3.63) is 88.2 Å². The normalized spacial score (nSPS) is 20.2. The van der Waals surface area contributed by atoms with Gasteiger partial charge in [0.05, 0.1) is 5.75 Å². The van der Waals surface area contributed by atoms with Gasteiger partial charge >= 0.3 is 0 Å². The fraction of sp³-hybridized carbons (Fsp3) is 0.484. The maximum atomic E-state index is 11.0. The number of hydrogen-bond acceptors (Lipinski definition) is 5. The highest BCUT2D eigenvalue weighted by atomic mass is 32.2. The summed E-state index contributed by atoms with van der Waals surface area (Å²) in [6.45, 7) is 6.48. The summed E-state index contributed by atoms with van der Waals surface area (Å²) in [5, 5.41) is 15.5. The number of sulfonamides is 1. The lowest BCUT2D eigenvalue weighted by molar-refractivity contribution is 0.301. The Labute approximate surface area is 234 Å². The lowest BCUT2D eigenvalue weighted by Crippen LogP contribution is -2.41. The molecule has 0 amide bonds. The first-order chi connectivity index (χ1) is 18.3. The lowest BCUT2D eigenvalue weighted by Gasteiger charge is -2.36. The fourth-order valence-corrected chi connectivity index (χ4v) is 7.30. The Morgan fingerprint density at radius 3 is 2.50 bits per heavy atom. The van der Waals surface area contributed by atoms with Crippen molar-refractivity contribution in [2.24, 2.45) is 5.92 Å². The van der Waals surface area contributed by atoms with Crippen molar-refractivity contribution in [1.82, 2.24) is 10.0 Å². The van der Waals surface area contributed by atoms with Crippen molar-refractivity contribution in [2.45, 2.75) is 70.3 Å². The van der Waals surface area contributed by atoms with Crippen LogP contribution in [0.4, 0.5) is 0 Å². The van der Waals surface area contributed by atoms with E-state index in [0.717, 1.165) is 23.7 Å². The molecule has 2 aromatic rings. The number of fused-ring (bicyclic) bond motifs is 1. The smallest absolute Gasteiger partial charge is 0.216 e. The second kappa shape index (κ2) is 15.5. The zero-order valence-corrected chi connectivity index (χ0v) is 24.5. The molecule has 0 radical (unpaired) electrons. The Balaban J connectivity index is 0.000000284. The molecule has 0 saturated heterocycles. The third-order valence-corrected chi connectivity index (χ3v) is 9.97. The summed E-state index contributed by atoms with van der Waals surface area (Å²) in [5.41, 5.74) is 4.17. The van der Waals surface area contributed by atoms with E-state index in [1.54, 1.807) is 18.4 Å². The highest BCUT2D eigenvalue weighted by Crippen LogP contribution is 2.36.